The summed E-state index contributed by atoms with van der Waals surface area (Å²) in [4.78, 5) is 20.8. The molecule has 0 unspecified atom stereocenters. The summed E-state index contributed by atoms with van der Waals surface area (Å²) >= 11 is 4.96. The van der Waals surface area contributed by atoms with Gasteiger partial charge in [0.2, 0.25) is 0 Å². The van der Waals surface area contributed by atoms with Crippen LogP contribution in [0.3, 0.4) is 0 Å². The van der Waals surface area contributed by atoms with Crippen molar-refractivity contribution in [2.75, 3.05) is 0 Å². The van der Waals surface area contributed by atoms with E-state index in [1.165, 1.54) is 11.8 Å². The highest BCUT2D eigenvalue weighted by Gasteiger charge is 2.06. The molecule has 0 saturated carbocycles. The average molecular weight is 323 g/mol. The van der Waals surface area contributed by atoms with Gasteiger partial charge in [-0.3, -0.25) is 9.78 Å². The van der Waals surface area contributed by atoms with Crippen LogP contribution in [0, 0.1) is 0 Å². The number of nitrogens with zero attached hydrogens (tertiary/aromatic N) is 2. The molecule has 2 aromatic rings. The lowest BCUT2D eigenvalue weighted by Crippen LogP contribution is -1.99. The van der Waals surface area contributed by atoms with Gasteiger partial charge in [0.25, 0.3) is 0 Å². The minimum atomic E-state index is 0.0607. The molecule has 0 amide bonds. The van der Waals surface area contributed by atoms with Crippen LogP contribution in [0.2, 0.25) is 0 Å². The average Bonchev–Trinajstić information content (AvgIpc) is 2.41. The van der Waals surface area contributed by atoms with E-state index in [0.717, 1.165) is 14.4 Å². The van der Waals surface area contributed by atoms with Crippen LogP contribution >= 0.6 is 27.7 Å². The Morgan fingerprint density at radius 3 is 2.78 bits per heavy atom. The smallest absolute Gasteiger partial charge is 0.180 e. The van der Waals surface area contributed by atoms with Crippen molar-refractivity contribution < 1.29 is 4.79 Å². The largest absolute Gasteiger partial charge is 0.292 e. The Hall–Kier alpha value is -1.20. The maximum atomic E-state index is 11.4. The quantitative estimate of drug-likeness (QED) is 0.798. The van der Waals surface area contributed by atoms with E-state index in [4.69, 9.17) is 0 Å². The van der Waals surface area contributed by atoms with Gasteiger partial charge in [-0.1, -0.05) is 18.7 Å². The van der Waals surface area contributed by atoms with Crippen LogP contribution in [0.15, 0.2) is 51.1 Å². The van der Waals surface area contributed by atoms with E-state index in [-0.39, 0.29) is 5.78 Å². The molecule has 0 spiro atoms. The third-order valence-electron chi connectivity index (χ3n) is 2.28. The molecule has 0 N–H and O–H groups in total. The topological polar surface area (TPSA) is 42.9 Å². The van der Waals surface area contributed by atoms with E-state index >= 15 is 0 Å². The van der Waals surface area contributed by atoms with Crippen molar-refractivity contribution in [2.45, 2.75) is 23.3 Å². The van der Waals surface area contributed by atoms with Gasteiger partial charge >= 0.3 is 0 Å². The molecular formula is C13H11BrN2OS. The van der Waals surface area contributed by atoms with Crippen molar-refractivity contribution in [2.24, 2.45) is 0 Å². The summed E-state index contributed by atoms with van der Waals surface area (Å²) in [5, 5.41) is 0.883. The first kappa shape index (κ1) is 13.2. The van der Waals surface area contributed by atoms with Gasteiger partial charge in [-0.05, 0) is 40.2 Å². The van der Waals surface area contributed by atoms with E-state index in [2.05, 4.69) is 25.9 Å². The number of Topliss-reactive ketones (excluding diaryl/α,β-unsaturated/α-hetero) is 1. The molecule has 0 radical (unpaired) electrons. The Bertz CT molecular complexity index is 557. The van der Waals surface area contributed by atoms with Crippen molar-refractivity contribution in [1.82, 2.24) is 9.97 Å². The highest BCUT2D eigenvalue weighted by Crippen LogP contribution is 2.30. The second-order valence-corrected chi connectivity index (χ2v) is 5.46. The molecule has 5 heteroatoms. The fourth-order valence-corrected chi connectivity index (χ4v) is 2.59. The van der Waals surface area contributed by atoms with Gasteiger partial charge in [-0.2, -0.15) is 0 Å². The zero-order valence-electron chi connectivity index (χ0n) is 9.76. The molecule has 0 aromatic carbocycles. The first-order valence-electron chi connectivity index (χ1n) is 5.48. The summed E-state index contributed by atoms with van der Waals surface area (Å²) in [6.45, 7) is 1.83. The van der Waals surface area contributed by atoms with Gasteiger partial charge in [0, 0.05) is 23.7 Å². The third kappa shape index (κ3) is 3.17. The predicted molar refractivity (Wildman–Crippen MR) is 74.9 cm³/mol. The van der Waals surface area contributed by atoms with Crippen LogP contribution in [-0.4, -0.2) is 15.8 Å². The molecular weight excluding hydrogens is 312 g/mol. The lowest BCUT2D eigenvalue weighted by Gasteiger charge is -2.03. The number of hydrogen-bond donors (Lipinski definition) is 0. The van der Waals surface area contributed by atoms with Crippen LogP contribution in [0.25, 0.3) is 0 Å². The van der Waals surface area contributed by atoms with Crippen molar-refractivity contribution >= 4 is 33.5 Å². The molecule has 0 aliphatic carbocycles. The predicted octanol–water partition coefficient (Wildman–Crippen LogP) is 3.98. The highest BCUT2D eigenvalue weighted by atomic mass is 79.9. The van der Waals surface area contributed by atoms with Gasteiger partial charge in [0.05, 0.1) is 4.47 Å². The Kier molecular flexibility index (Phi) is 4.49. The van der Waals surface area contributed by atoms with Crippen molar-refractivity contribution in [3.8, 4) is 0 Å². The minimum Gasteiger partial charge on any atom is -0.292 e. The standard InChI is InChI=1S/C13H11BrN2OS/c1-2-12(17)11-6-5-9(8-16-11)18-13-10(14)4-3-7-15-13/h3-8H,2H2,1H3. The second-order valence-electron chi connectivity index (χ2n) is 3.55. The minimum absolute atomic E-state index is 0.0607. The SMILES string of the molecule is CCC(=O)c1ccc(Sc2ncccc2Br)cn1. The summed E-state index contributed by atoms with van der Waals surface area (Å²) in [5.74, 6) is 0.0607. The molecule has 2 heterocycles. The first-order chi connectivity index (χ1) is 8.70. The highest BCUT2D eigenvalue weighted by molar-refractivity contribution is 9.10. The van der Waals surface area contributed by atoms with Crippen molar-refractivity contribution in [3.05, 3.63) is 46.8 Å². The maximum Gasteiger partial charge on any atom is 0.180 e. The van der Waals surface area contributed by atoms with Crippen LogP contribution in [0.5, 0.6) is 0 Å². The zero-order valence-corrected chi connectivity index (χ0v) is 12.2. The number of carbonyl (C=O) groups excluding carboxylic acids is 1. The van der Waals surface area contributed by atoms with Crippen LogP contribution < -0.4 is 0 Å². The molecule has 0 fully saturated rings. The summed E-state index contributed by atoms with van der Waals surface area (Å²) in [5.41, 5.74) is 0.516. The Balaban J connectivity index is 2.16. The zero-order chi connectivity index (χ0) is 13.0. The summed E-state index contributed by atoms with van der Waals surface area (Å²) < 4.78 is 0.948. The Morgan fingerprint density at radius 2 is 2.17 bits per heavy atom. The van der Waals surface area contributed by atoms with Gasteiger partial charge < -0.3 is 0 Å². The van der Waals surface area contributed by atoms with Crippen LogP contribution in [0.1, 0.15) is 23.8 Å². The van der Waals surface area contributed by atoms with Gasteiger partial charge in [0.1, 0.15) is 10.7 Å². The lowest BCUT2D eigenvalue weighted by molar-refractivity contribution is 0.0983. The van der Waals surface area contributed by atoms with Crippen LogP contribution in [0.4, 0.5) is 0 Å². The lowest BCUT2D eigenvalue weighted by atomic mass is 10.2. The fraction of sp³-hybridized carbons (Fsp3) is 0.154. The van der Waals surface area contributed by atoms with E-state index in [0.29, 0.717) is 12.1 Å². The van der Waals surface area contributed by atoms with E-state index < -0.39 is 0 Å². The number of rotatable bonds is 4. The molecule has 18 heavy (non-hydrogen) atoms. The van der Waals surface area contributed by atoms with Gasteiger partial charge in [0.15, 0.2) is 5.78 Å². The molecule has 92 valence electrons. The molecule has 0 aliphatic rings. The Morgan fingerprint density at radius 1 is 1.33 bits per heavy atom. The van der Waals surface area contributed by atoms with Gasteiger partial charge in [-0.15, -0.1) is 0 Å². The second kappa shape index (κ2) is 6.11. The molecule has 2 aromatic heterocycles. The number of carbonyl (C=O) groups is 1. The number of aromatic nitrogens is 2. The third-order valence-corrected chi connectivity index (χ3v) is 4.18. The van der Waals surface area contributed by atoms with E-state index in [1.807, 2.05) is 25.1 Å². The van der Waals surface area contributed by atoms with E-state index in [9.17, 15) is 4.79 Å². The fourth-order valence-electron chi connectivity index (χ4n) is 1.34. The maximum absolute atomic E-state index is 11.4. The van der Waals surface area contributed by atoms with Crippen LogP contribution in [-0.2, 0) is 0 Å². The van der Waals surface area contributed by atoms with Crippen molar-refractivity contribution in [1.29, 1.82) is 0 Å². The number of pyridine rings is 2. The molecule has 3 nitrogen and oxygen atoms in total. The molecule has 0 aliphatic heterocycles. The summed E-state index contributed by atoms with van der Waals surface area (Å²) in [6.07, 6.45) is 3.93. The molecule has 0 atom stereocenters. The number of halogens is 1. The van der Waals surface area contributed by atoms with E-state index in [1.54, 1.807) is 18.5 Å². The monoisotopic (exact) mass is 322 g/mol. The van der Waals surface area contributed by atoms with Crippen molar-refractivity contribution in [3.63, 3.8) is 0 Å². The molecule has 2 rings (SSSR count). The number of hydrogen-bond acceptors (Lipinski definition) is 4. The number of ketones is 1. The summed E-state index contributed by atoms with van der Waals surface area (Å²) in [6, 6.07) is 7.46. The summed E-state index contributed by atoms with van der Waals surface area (Å²) in [7, 11) is 0. The van der Waals surface area contributed by atoms with Gasteiger partial charge in [-0.25, -0.2) is 4.98 Å². The first-order valence-corrected chi connectivity index (χ1v) is 7.09. The molecule has 0 saturated heterocycles. The normalized spacial score (nSPS) is 10.3. The molecule has 0 bridgehead atoms. The Labute approximate surface area is 118 Å².